The number of carbonyl (C=O) groups is 1. The molecule has 0 spiro atoms. The van der Waals surface area contributed by atoms with Crippen molar-refractivity contribution in [2.24, 2.45) is 0 Å². The van der Waals surface area contributed by atoms with E-state index in [4.69, 9.17) is 0 Å². The molecular weight excluding hydrogens is 336 g/mol. The van der Waals surface area contributed by atoms with Crippen molar-refractivity contribution < 1.29 is 4.79 Å². The Morgan fingerprint density at radius 1 is 1.19 bits per heavy atom. The number of para-hydroxylation sites is 2. The van der Waals surface area contributed by atoms with E-state index in [1.807, 2.05) is 36.2 Å². The number of aromatic amines is 1. The first-order valence-electron chi connectivity index (χ1n) is 9.55. The van der Waals surface area contributed by atoms with Gasteiger partial charge in [-0.25, -0.2) is 4.98 Å². The Hall–Kier alpha value is -2.66. The van der Waals surface area contributed by atoms with E-state index in [1.165, 1.54) is 11.1 Å². The first-order valence-corrected chi connectivity index (χ1v) is 9.55. The van der Waals surface area contributed by atoms with Crippen LogP contribution in [0.3, 0.4) is 0 Å². The minimum absolute atomic E-state index is 0.169. The minimum atomic E-state index is 0.169. The third-order valence-electron chi connectivity index (χ3n) is 5.54. The number of nitrogens with zero attached hydrogens (tertiary/aromatic N) is 3. The summed E-state index contributed by atoms with van der Waals surface area (Å²) in [6.07, 6.45) is 2.11. The molecule has 1 atom stereocenters. The van der Waals surface area contributed by atoms with Gasteiger partial charge < -0.3 is 9.88 Å². The van der Waals surface area contributed by atoms with E-state index in [2.05, 4.69) is 46.2 Å². The number of aromatic nitrogens is 2. The van der Waals surface area contributed by atoms with Gasteiger partial charge in [0.2, 0.25) is 5.91 Å². The predicted octanol–water partition coefficient (Wildman–Crippen LogP) is 3.01. The van der Waals surface area contributed by atoms with Crippen LogP contribution in [-0.2, 0) is 24.2 Å². The van der Waals surface area contributed by atoms with Crippen molar-refractivity contribution in [1.29, 1.82) is 0 Å². The van der Waals surface area contributed by atoms with Gasteiger partial charge in [-0.05, 0) is 36.7 Å². The Labute approximate surface area is 160 Å². The van der Waals surface area contributed by atoms with E-state index < -0.39 is 0 Å². The van der Waals surface area contributed by atoms with Crippen LogP contribution in [0.4, 0.5) is 0 Å². The molecule has 0 saturated carbocycles. The van der Waals surface area contributed by atoms with Crippen LogP contribution in [0.5, 0.6) is 0 Å². The monoisotopic (exact) mass is 362 g/mol. The lowest BCUT2D eigenvalue weighted by Gasteiger charge is -2.36. The largest absolute Gasteiger partial charge is 0.344 e. The fourth-order valence-corrected chi connectivity index (χ4v) is 3.88. The molecule has 1 aliphatic rings. The molecular formula is C22H26N4O. The van der Waals surface area contributed by atoms with Gasteiger partial charge in [-0.2, -0.15) is 0 Å². The Bertz CT molecular complexity index is 915. The van der Waals surface area contributed by atoms with Crippen molar-refractivity contribution in [2.75, 3.05) is 20.6 Å². The van der Waals surface area contributed by atoms with Crippen LogP contribution in [-0.4, -0.2) is 52.4 Å². The molecule has 5 heteroatoms. The Morgan fingerprint density at radius 3 is 2.74 bits per heavy atom. The van der Waals surface area contributed by atoms with Gasteiger partial charge in [-0.3, -0.25) is 9.69 Å². The zero-order valence-corrected chi connectivity index (χ0v) is 16.0. The number of amides is 1. The van der Waals surface area contributed by atoms with Crippen LogP contribution in [0, 0.1) is 0 Å². The van der Waals surface area contributed by atoms with Gasteiger partial charge in [0.1, 0.15) is 5.82 Å². The second-order valence-corrected chi connectivity index (χ2v) is 7.52. The lowest BCUT2D eigenvalue weighted by atomic mass is 9.94. The number of hydrogen-bond acceptors (Lipinski definition) is 3. The van der Waals surface area contributed by atoms with Gasteiger partial charge in [0.15, 0.2) is 0 Å². The topological polar surface area (TPSA) is 52.2 Å². The molecule has 140 valence electrons. The quantitative estimate of drug-likeness (QED) is 0.759. The number of carbonyl (C=O) groups excluding carboxylic acids is 1. The van der Waals surface area contributed by atoms with Crippen LogP contribution in [0.2, 0.25) is 0 Å². The summed E-state index contributed by atoms with van der Waals surface area (Å²) in [4.78, 5) is 24.7. The summed E-state index contributed by atoms with van der Waals surface area (Å²) >= 11 is 0. The van der Waals surface area contributed by atoms with E-state index in [1.54, 1.807) is 0 Å². The molecule has 2 aromatic carbocycles. The number of hydrogen-bond donors (Lipinski definition) is 1. The Morgan fingerprint density at radius 2 is 1.93 bits per heavy atom. The number of benzene rings is 2. The highest BCUT2D eigenvalue weighted by Gasteiger charge is 2.25. The van der Waals surface area contributed by atoms with Crippen LogP contribution >= 0.6 is 0 Å². The second kappa shape index (κ2) is 7.53. The van der Waals surface area contributed by atoms with Crippen molar-refractivity contribution >= 4 is 16.9 Å². The standard InChI is InChI=1S/C22H26N4O/c1-25-14-17-8-4-3-7-16(17)13-18(25)15-26(2)22(27)12-11-21-23-19-9-5-6-10-20(19)24-21/h3-10,18H,11-15H2,1-2H3,(H,23,24)/t18-/m1/s1. The highest BCUT2D eigenvalue weighted by atomic mass is 16.2. The second-order valence-electron chi connectivity index (χ2n) is 7.52. The van der Waals surface area contributed by atoms with Crippen LogP contribution < -0.4 is 0 Å². The SMILES string of the molecule is CN(C[C@H]1Cc2ccccc2CN1C)C(=O)CCc1nc2ccccc2[nH]1. The van der Waals surface area contributed by atoms with Crippen molar-refractivity contribution in [3.63, 3.8) is 0 Å². The number of rotatable bonds is 5. The van der Waals surface area contributed by atoms with Crippen molar-refractivity contribution in [3.8, 4) is 0 Å². The maximum atomic E-state index is 12.6. The maximum absolute atomic E-state index is 12.6. The summed E-state index contributed by atoms with van der Waals surface area (Å²) in [5.41, 5.74) is 4.78. The highest BCUT2D eigenvalue weighted by molar-refractivity contribution is 5.77. The number of imidazole rings is 1. The first-order chi connectivity index (χ1) is 13.1. The fourth-order valence-electron chi connectivity index (χ4n) is 3.88. The van der Waals surface area contributed by atoms with Crippen LogP contribution in [0.15, 0.2) is 48.5 Å². The summed E-state index contributed by atoms with van der Waals surface area (Å²) in [7, 11) is 4.06. The van der Waals surface area contributed by atoms with Gasteiger partial charge >= 0.3 is 0 Å². The van der Waals surface area contributed by atoms with E-state index in [9.17, 15) is 4.79 Å². The zero-order valence-electron chi connectivity index (χ0n) is 16.0. The molecule has 0 saturated heterocycles. The molecule has 0 bridgehead atoms. The molecule has 1 aliphatic heterocycles. The molecule has 0 unspecified atom stereocenters. The van der Waals surface area contributed by atoms with E-state index >= 15 is 0 Å². The molecule has 3 aromatic rings. The smallest absolute Gasteiger partial charge is 0.222 e. The van der Waals surface area contributed by atoms with Crippen molar-refractivity contribution in [3.05, 3.63) is 65.5 Å². The third kappa shape index (κ3) is 3.88. The number of H-pyrrole nitrogens is 1. The molecule has 0 fully saturated rings. The highest BCUT2D eigenvalue weighted by Crippen LogP contribution is 2.22. The average molecular weight is 362 g/mol. The summed E-state index contributed by atoms with van der Waals surface area (Å²) < 4.78 is 0. The number of fused-ring (bicyclic) bond motifs is 2. The lowest BCUT2D eigenvalue weighted by molar-refractivity contribution is -0.130. The van der Waals surface area contributed by atoms with Gasteiger partial charge in [-0.1, -0.05) is 36.4 Å². The molecule has 1 aromatic heterocycles. The summed E-state index contributed by atoms with van der Waals surface area (Å²) in [5, 5.41) is 0. The third-order valence-corrected chi connectivity index (χ3v) is 5.54. The lowest BCUT2D eigenvalue weighted by Crippen LogP contribution is -2.46. The van der Waals surface area contributed by atoms with Gasteiger partial charge in [0.05, 0.1) is 11.0 Å². The number of aryl methyl sites for hydroxylation is 1. The summed E-state index contributed by atoms with van der Waals surface area (Å²) in [5.74, 6) is 1.05. The first kappa shape index (κ1) is 17.7. The normalized spacial score (nSPS) is 17.0. The Kier molecular flexibility index (Phi) is 4.94. The van der Waals surface area contributed by atoms with Gasteiger partial charge in [0.25, 0.3) is 0 Å². The molecule has 27 heavy (non-hydrogen) atoms. The summed E-state index contributed by atoms with van der Waals surface area (Å²) in [6.45, 7) is 1.70. The molecule has 0 aliphatic carbocycles. The van der Waals surface area contributed by atoms with Crippen molar-refractivity contribution in [2.45, 2.75) is 31.8 Å². The van der Waals surface area contributed by atoms with Gasteiger partial charge in [0, 0.05) is 39.0 Å². The maximum Gasteiger partial charge on any atom is 0.222 e. The molecule has 4 rings (SSSR count). The minimum Gasteiger partial charge on any atom is -0.344 e. The number of nitrogens with one attached hydrogen (secondary N) is 1. The van der Waals surface area contributed by atoms with Crippen molar-refractivity contribution in [1.82, 2.24) is 19.8 Å². The zero-order chi connectivity index (χ0) is 18.8. The number of likely N-dealkylation sites (N-methyl/N-ethyl adjacent to an activating group) is 2. The van der Waals surface area contributed by atoms with E-state index in [-0.39, 0.29) is 5.91 Å². The molecule has 0 radical (unpaired) electrons. The van der Waals surface area contributed by atoms with Crippen LogP contribution in [0.1, 0.15) is 23.4 Å². The molecule has 2 heterocycles. The van der Waals surface area contributed by atoms with Gasteiger partial charge in [-0.15, -0.1) is 0 Å². The van der Waals surface area contributed by atoms with Crippen LogP contribution in [0.25, 0.3) is 11.0 Å². The predicted molar refractivity (Wildman–Crippen MR) is 107 cm³/mol. The Balaban J connectivity index is 1.34. The summed E-state index contributed by atoms with van der Waals surface area (Å²) in [6, 6.07) is 16.9. The van der Waals surface area contributed by atoms with E-state index in [0.717, 1.165) is 36.4 Å². The van der Waals surface area contributed by atoms with E-state index in [0.29, 0.717) is 18.9 Å². The average Bonchev–Trinajstić information content (AvgIpc) is 3.09. The fraction of sp³-hybridized carbons (Fsp3) is 0.364. The molecule has 1 amide bonds. The molecule has 1 N–H and O–H groups in total. The molecule has 5 nitrogen and oxygen atoms in total.